The van der Waals surface area contributed by atoms with Crippen LogP contribution < -0.4 is 5.30 Å². The lowest BCUT2D eigenvalue weighted by Crippen LogP contribution is -2.54. The minimum absolute atomic E-state index is 0.00708. The van der Waals surface area contributed by atoms with Crippen molar-refractivity contribution in [3.05, 3.63) is 29.8 Å². The topological polar surface area (TPSA) is 0 Å². The first-order chi connectivity index (χ1) is 15.3. The zero-order valence-electron chi connectivity index (χ0n) is 19.7. The molecule has 1 aromatic carbocycles. The summed E-state index contributed by atoms with van der Waals surface area (Å²) >= 11 is 0. The maximum atomic E-state index is 2.66. The molecular formula is C30H43P. The number of rotatable bonds is 6. The van der Waals surface area contributed by atoms with E-state index in [0.29, 0.717) is 0 Å². The van der Waals surface area contributed by atoms with Crippen molar-refractivity contribution < 1.29 is 0 Å². The fraction of sp³-hybridized carbons (Fsp3) is 0.800. The van der Waals surface area contributed by atoms with Crippen LogP contribution in [-0.2, 0) is 6.42 Å². The van der Waals surface area contributed by atoms with E-state index in [4.69, 9.17) is 0 Å². The highest BCUT2D eigenvalue weighted by Gasteiger charge is 2.57. The molecule has 0 amide bonds. The zero-order chi connectivity index (χ0) is 20.5. The Labute approximate surface area is 192 Å². The summed E-state index contributed by atoms with van der Waals surface area (Å²) in [6.07, 6.45) is 20.1. The zero-order valence-corrected chi connectivity index (χ0v) is 20.6. The summed E-state index contributed by atoms with van der Waals surface area (Å²) in [5.74, 6) is 8.85. The molecule has 8 aliphatic carbocycles. The number of benzene rings is 1. The Bertz CT molecular complexity index is 712. The molecule has 0 aromatic heterocycles. The van der Waals surface area contributed by atoms with Gasteiger partial charge in [-0.1, -0.05) is 45.5 Å². The van der Waals surface area contributed by atoms with E-state index < -0.39 is 0 Å². The van der Waals surface area contributed by atoms with Gasteiger partial charge in [-0.25, -0.2) is 0 Å². The highest BCUT2D eigenvalue weighted by molar-refractivity contribution is 7.67. The van der Waals surface area contributed by atoms with E-state index in [2.05, 4.69) is 31.2 Å². The Hall–Kier alpha value is -0.350. The van der Waals surface area contributed by atoms with Gasteiger partial charge < -0.3 is 0 Å². The predicted octanol–water partition coefficient (Wildman–Crippen LogP) is 7.79. The molecule has 0 aliphatic heterocycles. The van der Waals surface area contributed by atoms with E-state index in [1.54, 1.807) is 69.8 Å². The lowest BCUT2D eigenvalue weighted by molar-refractivity contribution is 0.0136. The monoisotopic (exact) mass is 434 g/mol. The molecule has 0 atom stereocenters. The lowest BCUT2D eigenvalue weighted by Gasteiger charge is -2.62. The molecule has 8 aliphatic rings. The standard InChI is InChI=1S/C30H43P/c1-2-3-6-23-7-4-5-8-28(23)31(29-24-11-19-9-20(13-24)14-25(29)12-19)30-26-15-21-10-22(17-26)18-27(30)16-21/h4-5,7-8,19-22,24-27,29-30H,2-3,6,9-18H2,1H3. The average Bonchev–Trinajstić information content (AvgIpc) is 2.75. The molecule has 0 N–H and O–H groups in total. The largest absolute Gasteiger partial charge is 0.0675 e. The minimum atomic E-state index is 0.00708. The normalized spacial score (nSPS) is 47.8. The number of aryl methyl sites for hydroxylation is 1. The van der Waals surface area contributed by atoms with Gasteiger partial charge in [0, 0.05) is 0 Å². The van der Waals surface area contributed by atoms with Gasteiger partial charge in [0.25, 0.3) is 0 Å². The molecule has 0 unspecified atom stereocenters. The van der Waals surface area contributed by atoms with Crippen molar-refractivity contribution in [2.45, 2.75) is 102 Å². The molecule has 0 radical (unpaired) electrons. The first kappa shape index (κ1) is 20.1. The summed E-state index contributed by atoms with van der Waals surface area (Å²) < 4.78 is 0. The minimum Gasteiger partial charge on any atom is -0.0675 e. The lowest BCUT2D eigenvalue weighted by atomic mass is 9.55. The molecule has 8 saturated carbocycles. The van der Waals surface area contributed by atoms with Crippen LogP contribution in [0, 0.1) is 47.3 Å². The van der Waals surface area contributed by atoms with Gasteiger partial charge in [0.2, 0.25) is 0 Å². The second kappa shape index (κ2) is 7.86. The molecule has 0 saturated heterocycles. The Morgan fingerprint density at radius 3 is 1.55 bits per heavy atom. The van der Waals surface area contributed by atoms with Gasteiger partial charge in [0.15, 0.2) is 0 Å². The van der Waals surface area contributed by atoms with Crippen molar-refractivity contribution in [3.8, 4) is 0 Å². The van der Waals surface area contributed by atoms with Gasteiger partial charge in [-0.15, -0.1) is 0 Å². The quantitative estimate of drug-likeness (QED) is 0.401. The van der Waals surface area contributed by atoms with E-state index in [1.165, 1.54) is 19.3 Å². The Balaban J connectivity index is 1.31. The maximum Gasteiger partial charge on any atom is -0.0109 e. The van der Waals surface area contributed by atoms with Crippen LogP contribution in [0.1, 0.15) is 89.5 Å². The summed E-state index contributed by atoms with van der Waals surface area (Å²) in [6, 6.07) is 9.99. The predicted molar refractivity (Wildman–Crippen MR) is 133 cm³/mol. The highest BCUT2D eigenvalue weighted by Crippen LogP contribution is 2.70. The highest BCUT2D eigenvalue weighted by atomic mass is 31.1. The average molecular weight is 435 g/mol. The van der Waals surface area contributed by atoms with E-state index in [-0.39, 0.29) is 7.92 Å². The van der Waals surface area contributed by atoms with Crippen molar-refractivity contribution in [1.29, 1.82) is 0 Å². The molecule has 0 heterocycles. The van der Waals surface area contributed by atoms with Crippen molar-refractivity contribution in [1.82, 2.24) is 0 Å². The summed E-state index contributed by atoms with van der Waals surface area (Å²) in [5.41, 5.74) is 3.96. The summed E-state index contributed by atoms with van der Waals surface area (Å²) in [4.78, 5) is 0. The third-order valence-corrected chi connectivity index (χ3v) is 15.0. The Kier molecular flexibility index (Phi) is 5.09. The maximum absolute atomic E-state index is 2.66. The SMILES string of the molecule is CCCCc1ccccc1P(C1C2CC3CC(C2)CC1C3)C1C2CC3CC(C2)CC1C3. The molecule has 8 fully saturated rings. The summed E-state index contributed by atoms with van der Waals surface area (Å²) in [6.45, 7) is 2.38. The third kappa shape index (κ3) is 3.32. The van der Waals surface area contributed by atoms with E-state index in [1.807, 2.05) is 5.30 Å². The second-order valence-corrected chi connectivity index (χ2v) is 15.5. The van der Waals surface area contributed by atoms with Gasteiger partial charge in [-0.2, -0.15) is 0 Å². The summed E-state index contributed by atoms with van der Waals surface area (Å²) in [5, 5.41) is 1.92. The Morgan fingerprint density at radius 1 is 0.645 bits per heavy atom. The van der Waals surface area contributed by atoms with Gasteiger partial charge in [0.1, 0.15) is 0 Å². The van der Waals surface area contributed by atoms with Crippen molar-refractivity contribution in [2.24, 2.45) is 47.3 Å². The van der Waals surface area contributed by atoms with Gasteiger partial charge in [0.05, 0.1) is 0 Å². The van der Waals surface area contributed by atoms with Crippen LogP contribution in [0.2, 0.25) is 0 Å². The second-order valence-electron chi connectivity index (χ2n) is 13.0. The fourth-order valence-corrected chi connectivity index (χ4v) is 15.2. The smallest absolute Gasteiger partial charge is 0.0109 e. The number of hydrogen-bond acceptors (Lipinski definition) is 0. The van der Waals surface area contributed by atoms with Crippen molar-refractivity contribution in [2.75, 3.05) is 0 Å². The van der Waals surface area contributed by atoms with Crippen LogP contribution in [0.4, 0.5) is 0 Å². The molecule has 9 rings (SSSR count). The van der Waals surface area contributed by atoms with E-state index in [0.717, 1.165) is 58.7 Å². The number of hydrogen-bond donors (Lipinski definition) is 0. The molecule has 0 nitrogen and oxygen atoms in total. The molecule has 168 valence electrons. The van der Waals surface area contributed by atoms with Crippen LogP contribution in [0.3, 0.4) is 0 Å². The first-order valence-corrected chi connectivity index (χ1v) is 15.6. The fourth-order valence-electron chi connectivity index (χ4n) is 10.6. The van der Waals surface area contributed by atoms with Crippen molar-refractivity contribution in [3.63, 3.8) is 0 Å². The van der Waals surface area contributed by atoms with Gasteiger partial charge >= 0.3 is 0 Å². The van der Waals surface area contributed by atoms with Gasteiger partial charge in [-0.3, -0.25) is 0 Å². The van der Waals surface area contributed by atoms with Crippen LogP contribution in [0.25, 0.3) is 0 Å². The number of unbranched alkanes of at least 4 members (excludes halogenated alkanes) is 1. The van der Waals surface area contributed by atoms with Crippen LogP contribution in [0.5, 0.6) is 0 Å². The van der Waals surface area contributed by atoms with E-state index >= 15 is 0 Å². The van der Waals surface area contributed by atoms with Crippen LogP contribution >= 0.6 is 7.92 Å². The van der Waals surface area contributed by atoms with Crippen LogP contribution in [-0.4, -0.2) is 11.3 Å². The third-order valence-electron chi connectivity index (χ3n) is 11.1. The molecular weight excluding hydrogens is 391 g/mol. The molecule has 31 heavy (non-hydrogen) atoms. The Morgan fingerprint density at radius 2 is 1.10 bits per heavy atom. The first-order valence-electron chi connectivity index (χ1n) is 14.1. The summed E-state index contributed by atoms with van der Waals surface area (Å²) in [7, 11) is 0.00708. The van der Waals surface area contributed by atoms with E-state index in [9.17, 15) is 0 Å². The molecule has 1 heteroatoms. The molecule has 8 bridgehead atoms. The van der Waals surface area contributed by atoms with Gasteiger partial charge in [-0.05, 0) is 147 Å². The van der Waals surface area contributed by atoms with Crippen molar-refractivity contribution >= 4 is 13.2 Å². The molecule has 0 spiro atoms. The molecule has 1 aromatic rings. The van der Waals surface area contributed by atoms with Crippen LogP contribution in [0.15, 0.2) is 24.3 Å².